The summed E-state index contributed by atoms with van der Waals surface area (Å²) >= 11 is 0. The molecular weight excluding hydrogens is 637 g/mol. The number of para-hydroxylation sites is 1. The lowest BCUT2D eigenvalue weighted by atomic mass is 9.94. The van der Waals surface area contributed by atoms with Crippen molar-refractivity contribution in [3.8, 4) is 23.0 Å². The smallest absolute Gasteiger partial charge is 0.265 e. The Hall–Kier alpha value is -5.33. The third-order valence-corrected chi connectivity index (χ3v) is 8.06. The molecule has 1 aliphatic carbocycles. The molecule has 1 saturated carbocycles. The summed E-state index contributed by atoms with van der Waals surface area (Å²) in [6.07, 6.45) is 4.89. The molecule has 4 aromatic carbocycles. The number of nitrogens with one attached hydrogen (secondary N) is 2. The minimum absolute atomic E-state index is 0.0875. The molecule has 13 heteroatoms. The number of phenols is 1. The number of anilines is 3. The molecule has 0 radical (unpaired) electrons. The van der Waals surface area contributed by atoms with Crippen LogP contribution >= 0.6 is 0 Å². The van der Waals surface area contributed by atoms with Gasteiger partial charge in [-0.25, -0.2) is 22.0 Å². The van der Waals surface area contributed by atoms with Crippen LogP contribution in [0.2, 0.25) is 0 Å². The maximum atomic E-state index is 14.3. The van der Waals surface area contributed by atoms with Gasteiger partial charge in [-0.3, -0.25) is 9.59 Å². The van der Waals surface area contributed by atoms with Crippen LogP contribution in [-0.4, -0.2) is 36.1 Å². The highest BCUT2D eigenvalue weighted by molar-refractivity contribution is 6.06. The fourth-order valence-corrected chi connectivity index (χ4v) is 5.39. The third-order valence-electron chi connectivity index (χ3n) is 8.06. The van der Waals surface area contributed by atoms with E-state index in [4.69, 9.17) is 9.47 Å². The first-order chi connectivity index (χ1) is 22.9. The molecule has 252 valence electrons. The van der Waals surface area contributed by atoms with Crippen molar-refractivity contribution in [3.05, 3.63) is 101 Å². The van der Waals surface area contributed by atoms with Crippen molar-refractivity contribution in [3.63, 3.8) is 0 Å². The normalized spacial score (nSPS) is 13.8. The first-order valence-electron chi connectivity index (χ1n) is 15.2. The zero-order valence-electron chi connectivity index (χ0n) is 26.0. The Labute approximate surface area is 273 Å². The minimum atomic E-state index is -2.43. The zero-order valence-corrected chi connectivity index (χ0v) is 26.0. The van der Waals surface area contributed by atoms with E-state index < -0.39 is 64.0 Å². The molecule has 0 aromatic heterocycles. The summed E-state index contributed by atoms with van der Waals surface area (Å²) in [6.45, 7) is 1.51. The zero-order chi connectivity index (χ0) is 34.5. The number of carbonyl (C=O) groups is 2. The number of benzene rings is 4. The molecular formula is C35H32F5N3O5. The van der Waals surface area contributed by atoms with E-state index in [0.717, 1.165) is 30.7 Å². The van der Waals surface area contributed by atoms with Gasteiger partial charge < -0.3 is 30.1 Å². The van der Waals surface area contributed by atoms with E-state index >= 15 is 0 Å². The monoisotopic (exact) mass is 669 g/mol. The molecule has 4 aromatic rings. The molecule has 0 bridgehead atoms. The number of hydrogen-bond donors (Lipinski definition) is 3. The van der Waals surface area contributed by atoms with Crippen LogP contribution in [0.3, 0.4) is 0 Å². The van der Waals surface area contributed by atoms with Crippen LogP contribution in [0.15, 0.2) is 66.7 Å². The molecule has 1 fully saturated rings. The average molecular weight is 670 g/mol. The van der Waals surface area contributed by atoms with Crippen molar-refractivity contribution >= 4 is 28.9 Å². The first-order valence-corrected chi connectivity index (χ1v) is 15.2. The molecule has 0 saturated heterocycles. The summed E-state index contributed by atoms with van der Waals surface area (Å²) in [5, 5.41) is 15.2. The summed E-state index contributed by atoms with van der Waals surface area (Å²) < 4.78 is 81.1. The lowest BCUT2D eigenvalue weighted by molar-refractivity contribution is -0.122. The summed E-state index contributed by atoms with van der Waals surface area (Å²) in [5.41, 5.74) is -1.34. The van der Waals surface area contributed by atoms with Gasteiger partial charge in [0, 0.05) is 30.9 Å². The Kier molecular flexibility index (Phi) is 10.4. The number of aromatic hydroxyl groups is 1. The van der Waals surface area contributed by atoms with Gasteiger partial charge >= 0.3 is 0 Å². The van der Waals surface area contributed by atoms with Crippen LogP contribution in [0.25, 0.3) is 0 Å². The fourth-order valence-electron chi connectivity index (χ4n) is 5.39. The van der Waals surface area contributed by atoms with Gasteiger partial charge in [0.2, 0.25) is 5.82 Å². The van der Waals surface area contributed by atoms with E-state index in [1.807, 2.05) is 17.4 Å². The third kappa shape index (κ3) is 7.45. The van der Waals surface area contributed by atoms with Gasteiger partial charge in [-0.1, -0.05) is 37.5 Å². The van der Waals surface area contributed by atoms with Gasteiger partial charge in [0.15, 0.2) is 35.1 Å². The Morgan fingerprint density at radius 1 is 0.792 bits per heavy atom. The molecule has 2 amide bonds. The van der Waals surface area contributed by atoms with E-state index in [-0.39, 0.29) is 17.2 Å². The molecule has 48 heavy (non-hydrogen) atoms. The second-order valence-corrected chi connectivity index (χ2v) is 11.3. The predicted molar refractivity (Wildman–Crippen MR) is 169 cm³/mol. The standard InChI is InChI=1S/C35H32F5N3O5/c1-19(47-23-15-13-21(14-16-23)43(2)20-9-5-3-6-10-20)34(45)42-25-17-26(44)24(18-27(25)48-22-11-7-4-8-12-22)41-35(46)28-29(36)31(38)33(40)32(39)30(28)37/h4,7-8,11-20,44H,3,5-6,9-10H2,1-2H3,(H,41,46)(H,42,45). The van der Waals surface area contributed by atoms with Crippen LogP contribution in [0, 0.1) is 29.1 Å². The Bertz CT molecular complexity index is 1770. The number of ether oxygens (including phenoxy) is 2. The molecule has 1 aliphatic rings. The number of phenolic OH excluding ortho intramolecular Hbond substituents is 1. The number of halogens is 5. The van der Waals surface area contributed by atoms with E-state index in [0.29, 0.717) is 11.8 Å². The van der Waals surface area contributed by atoms with E-state index in [2.05, 4.69) is 17.3 Å². The molecule has 8 nitrogen and oxygen atoms in total. The van der Waals surface area contributed by atoms with Crippen LogP contribution in [-0.2, 0) is 4.79 Å². The maximum Gasteiger partial charge on any atom is 0.265 e. The Morgan fingerprint density at radius 2 is 1.40 bits per heavy atom. The highest BCUT2D eigenvalue weighted by Crippen LogP contribution is 2.39. The first kappa shape index (κ1) is 34.0. The number of amides is 2. The molecule has 3 N–H and O–H groups in total. The molecule has 0 spiro atoms. The fraction of sp³-hybridized carbons (Fsp3) is 0.257. The second-order valence-electron chi connectivity index (χ2n) is 11.3. The summed E-state index contributed by atoms with van der Waals surface area (Å²) in [5.74, 6) is -14.3. The van der Waals surface area contributed by atoms with Crippen LogP contribution < -0.4 is 25.0 Å². The van der Waals surface area contributed by atoms with Crippen molar-refractivity contribution in [2.24, 2.45) is 0 Å². The van der Waals surface area contributed by atoms with Gasteiger partial charge in [0.05, 0.1) is 11.4 Å². The summed E-state index contributed by atoms with van der Waals surface area (Å²) in [4.78, 5) is 28.1. The van der Waals surface area contributed by atoms with Crippen LogP contribution in [0.1, 0.15) is 49.4 Å². The average Bonchev–Trinajstić information content (AvgIpc) is 3.09. The molecule has 1 atom stereocenters. The van der Waals surface area contributed by atoms with Gasteiger partial charge in [-0.15, -0.1) is 0 Å². The maximum absolute atomic E-state index is 14.3. The quantitative estimate of drug-likeness (QED) is 0.0680. The van der Waals surface area contributed by atoms with Crippen molar-refractivity contribution in [1.29, 1.82) is 0 Å². The summed E-state index contributed by atoms with van der Waals surface area (Å²) in [6, 6.07) is 17.9. The predicted octanol–water partition coefficient (Wildman–Crippen LogP) is 8.31. The number of rotatable bonds is 10. The van der Waals surface area contributed by atoms with Crippen molar-refractivity contribution < 1.29 is 46.1 Å². The minimum Gasteiger partial charge on any atom is -0.506 e. The van der Waals surface area contributed by atoms with Crippen molar-refractivity contribution in [2.45, 2.75) is 51.2 Å². The highest BCUT2D eigenvalue weighted by atomic mass is 19.2. The number of nitrogens with zero attached hydrogens (tertiary/aromatic N) is 1. The van der Waals surface area contributed by atoms with Gasteiger partial charge in [-0.05, 0) is 56.2 Å². The SMILES string of the molecule is CC(Oc1ccc(N(C)C2CCCCC2)cc1)C(=O)Nc1cc(O)c(NC(=O)c2c(F)c(F)c(F)c(F)c2F)cc1Oc1ccccc1. The van der Waals surface area contributed by atoms with Crippen LogP contribution in [0.4, 0.5) is 39.0 Å². The Balaban J connectivity index is 1.34. The van der Waals surface area contributed by atoms with E-state index in [1.54, 1.807) is 42.5 Å². The second kappa shape index (κ2) is 14.6. The van der Waals surface area contributed by atoms with Gasteiger partial charge in [0.1, 0.15) is 22.8 Å². The van der Waals surface area contributed by atoms with Crippen molar-refractivity contribution in [2.75, 3.05) is 22.6 Å². The summed E-state index contributed by atoms with van der Waals surface area (Å²) in [7, 11) is 2.06. The highest BCUT2D eigenvalue weighted by Gasteiger charge is 2.30. The van der Waals surface area contributed by atoms with Crippen molar-refractivity contribution in [1.82, 2.24) is 0 Å². The van der Waals surface area contributed by atoms with E-state index in [1.165, 1.54) is 26.2 Å². The number of carbonyl (C=O) groups excluding carboxylic acids is 2. The molecule has 5 rings (SSSR count). The van der Waals surface area contributed by atoms with Crippen LogP contribution in [0.5, 0.6) is 23.0 Å². The van der Waals surface area contributed by atoms with Gasteiger partial charge in [0.25, 0.3) is 11.8 Å². The topological polar surface area (TPSA) is 100 Å². The molecule has 0 heterocycles. The van der Waals surface area contributed by atoms with E-state index in [9.17, 15) is 36.6 Å². The molecule has 0 aliphatic heterocycles. The number of hydrogen-bond acceptors (Lipinski definition) is 6. The molecule has 1 unspecified atom stereocenters. The van der Waals surface area contributed by atoms with Gasteiger partial charge in [-0.2, -0.15) is 0 Å². The Morgan fingerprint density at radius 3 is 2.02 bits per heavy atom. The lowest BCUT2D eigenvalue weighted by Crippen LogP contribution is -2.33. The lowest BCUT2D eigenvalue weighted by Gasteiger charge is -2.33. The largest absolute Gasteiger partial charge is 0.506 e.